The molecule has 0 saturated heterocycles. The van der Waals surface area contributed by atoms with Gasteiger partial charge in [-0.15, -0.1) is 0 Å². The first-order chi connectivity index (χ1) is 7.52. The number of carbonyl (C=O) groups excluding carboxylic acids is 1. The molecule has 0 amide bonds. The molecule has 5 nitrogen and oxygen atoms in total. The van der Waals surface area contributed by atoms with Gasteiger partial charge in [0.15, 0.2) is 0 Å². The van der Waals surface area contributed by atoms with Crippen molar-refractivity contribution in [3.05, 3.63) is 0 Å². The molecule has 2 atom stereocenters. The van der Waals surface area contributed by atoms with Gasteiger partial charge in [-0.1, -0.05) is 13.8 Å². The van der Waals surface area contributed by atoms with E-state index in [1.54, 1.807) is 6.92 Å². The molecule has 0 aromatic carbocycles. The lowest BCUT2D eigenvalue weighted by Crippen LogP contribution is -2.25. The molecule has 0 radical (unpaired) electrons. The Balaban J connectivity index is 4.01. The van der Waals surface area contributed by atoms with E-state index in [1.807, 2.05) is 6.92 Å². The standard InChI is InChI=1S/C10H21BO5/c1-4-9(7-8(2)11(13)14)10(12)16-6-5-15-3/h8-9,13-14H,4-7H2,1-3H3. The Morgan fingerprint density at radius 3 is 2.44 bits per heavy atom. The summed E-state index contributed by atoms with van der Waals surface area (Å²) in [6.45, 7) is 4.18. The summed E-state index contributed by atoms with van der Waals surface area (Å²) in [6, 6.07) is 0. The number of esters is 1. The van der Waals surface area contributed by atoms with E-state index in [0.29, 0.717) is 19.4 Å². The highest BCUT2D eigenvalue weighted by Crippen LogP contribution is 2.22. The van der Waals surface area contributed by atoms with Crippen molar-refractivity contribution in [1.29, 1.82) is 0 Å². The summed E-state index contributed by atoms with van der Waals surface area (Å²) in [5, 5.41) is 17.9. The molecule has 0 aliphatic rings. The summed E-state index contributed by atoms with van der Waals surface area (Å²) in [5.41, 5.74) is 0. The fourth-order valence-corrected chi connectivity index (χ4v) is 1.34. The molecule has 2 unspecified atom stereocenters. The molecule has 0 aliphatic heterocycles. The van der Waals surface area contributed by atoms with Gasteiger partial charge in [0.2, 0.25) is 0 Å². The molecule has 0 aliphatic carbocycles. The lowest BCUT2D eigenvalue weighted by Gasteiger charge is -2.17. The Labute approximate surface area is 96.9 Å². The van der Waals surface area contributed by atoms with Gasteiger partial charge in [-0.2, -0.15) is 0 Å². The largest absolute Gasteiger partial charge is 0.463 e. The van der Waals surface area contributed by atoms with E-state index in [9.17, 15) is 4.79 Å². The average Bonchev–Trinajstić information content (AvgIpc) is 2.25. The SMILES string of the molecule is CCC(CC(C)B(O)O)C(=O)OCCOC. The van der Waals surface area contributed by atoms with Gasteiger partial charge in [0.05, 0.1) is 12.5 Å². The number of ether oxygens (including phenoxy) is 2. The Morgan fingerprint density at radius 2 is 2.00 bits per heavy atom. The molecule has 0 saturated carbocycles. The summed E-state index contributed by atoms with van der Waals surface area (Å²) in [6.07, 6.45) is 1.04. The molecule has 0 heterocycles. The second kappa shape index (κ2) is 8.55. The van der Waals surface area contributed by atoms with Crippen molar-refractivity contribution in [3.8, 4) is 0 Å². The van der Waals surface area contributed by atoms with E-state index in [1.165, 1.54) is 7.11 Å². The highest BCUT2D eigenvalue weighted by atomic mass is 16.6. The molecule has 0 aromatic rings. The maximum absolute atomic E-state index is 11.6. The van der Waals surface area contributed by atoms with Crippen LogP contribution in [0.15, 0.2) is 0 Å². The van der Waals surface area contributed by atoms with Crippen molar-refractivity contribution >= 4 is 13.1 Å². The Bertz CT molecular complexity index is 198. The van der Waals surface area contributed by atoms with Crippen LogP contribution in [0.25, 0.3) is 0 Å². The van der Waals surface area contributed by atoms with Crippen LogP contribution in [0.1, 0.15) is 26.7 Å². The molecule has 0 rings (SSSR count). The van der Waals surface area contributed by atoms with Crippen LogP contribution in [0.4, 0.5) is 0 Å². The number of hydrogen-bond acceptors (Lipinski definition) is 5. The van der Waals surface area contributed by atoms with Gasteiger partial charge < -0.3 is 19.5 Å². The number of rotatable bonds is 8. The maximum Gasteiger partial charge on any atom is 0.454 e. The average molecular weight is 232 g/mol. The van der Waals surface area contributed by atoms with Crippen molar-refractivity contribution in [3.63, 3.8) is 0 Å². The summed E-state index contributed by atoms with van der Waals surface area (Å²) >= 11 is 0. The smallest absolute Gasteiger partial charge is 0.454 e. The zero-order chi connectivity index (χ0) is 12.6. The Hall–Kier alpha value is -0.585. The number of carbonyl (C=O) groups is 1. The van der Waals surface area contributed by atoms with E-state index in [0.717, 1.165) is 0 Å². The van der Waals surface area contributed by atoms with Crippen molar-refractivity contribution in [2.45, 2.75) is 32.5 Å². The summed E-state index contributed by atoms with van der Waals surface area (Å²) in [4.78, 5) is 11.6. The van der Waals surface area contributed by atoms with Crippen LogP contribution in [0.5, 0.6) is 0 Å². The van der Waals surface area contributed by atoms with E-state index >= 15 is 0 Å². The first kappa shape index (κ1) is 15.4. The molecule has 0 spiro atoms. The molecule has 0 aromatic heterocycles. The topological polar surface area (TPSA) is 76.0 Å². The molecular formula is C10H21BO5. The fraction of sp³-hybridized carbons (Fsp3) is 0.900. The van der Waals surface area contributed by atoms with Crippen molar-refractivity contribution in [2.24, 2.45) is 5.92 Å². The number of hydrogen-bond donors (Lipinski definition) is 2. The van der Waals surface area contributed by atoms with Gasteiger partial charge in [0.25, 0.3) is 0 Å². The van der Waals surface area contributed by atoms with Gasteiger partial charge in [0, 0.05) is 7.11 Å². The van der Waals surface area contributed by atoms with Crippen molar-refractivity contribution in [2.75, 3.05) is 20.3 Å². The zero-order valence-corrected chi connectivity index (χ0v) is 10.2. The van der Waals surface area contributed by atoms with E-state index in [4.69, 9.17) is 19.5 Å². The third kappa shape index (κ3) is 6.10. The maximum atomic E-state index is 11.6. The van der Waals surface area contributed by atoms with Crippen LogP contribution >= 0.6 is 0 Å². The molecule has 2 N–H and O–H groups in total. The van der Waals surface area contributed by atoms with E-state index in [2.05, 4.69) is 0 Å². The predicted molar refractivity (Wildman–Crippen MR) is 60.8 cm³/mol. The molecule has 16 heavy (non-hydrogen) atoms. The monoisotopic (exact) mass is 232 g/mol. The fourth-order valence-electron chi connectivity index (χ4n) is 1.34. The quantitative estimate of drug-likeness (QED) is 0.361. The van der Waals surface area contributed by atoms with Gasteiger partial charge >= 0.3 is 13.1 Å². The van der Waals surface area contributed by atoms with Gasteiger partial charge in [-0.3, -0.25) is 4.79 Å². The third-order valence-corrected chi connectivity index (χ3v) is 2.52. The van der Waals surface area contributed by atoms with Gasteiger partial charge in [-0.05, 0) is 18.7 Å². The third-order valence-electron chi connectivity index (χ3n) is 2.52. The van der Waals surface area contributed by atoms with Gasteiger partial charge in [-0.25, -0.2) is 0 Å². The normalized spacial score (nSPS) is 14.3. The predicted octanol–water partition coefficient (Wildman–Crippen LogP) is 0.455. The highest BCUT2D eigenvalue weighted by Gasteiger charge is 2.26. The zero-order valence-electron chi connectivity index (χ0n) is 10.2. The van der Waals surface area contributed by atoms with Crippen molar-refractivity contribution < 1.29 is 24.3 Å². The summed E-state index contributed by atoms with van der Waals surface area (Å²) in [5.74, 6) is -0.916. The minimum Gasteiger partial charge on any atom is -0.463 e. The molecule has 0 bridgehead atoms. The van der Waals surface area contributed by atoms with Crippen LogP contribution in [-0.2, 0) is 14.3 Å². The molecular weight excluding hydrogens is 211 g/mol. The minimum atomic E-state index is -1.39. The van der Waals surface area contributed by atoms with Crippen LogP contribution < -0.4 is 0 Å². The Kier molecular flexibility index (Phi) is 8.24. The first-order valence-electron chi connectivity index (χ1n) is 5.54. The second-order valence-electron chi connectivity index (χ2n) is 3.89. The highest BCUT2D eigenvalue weighted by molar-refractivity contribution is 6.42. The molecule has 0 fully saturated rings. The van der Waals surface area contributed by atoms with E-state index < -0.39 is 7.12 Å². The minimum absolute atomic E-state index is 0.238. The molecule has 94 valence electrons. The first-order valence-corrected chi connectivity index (χ1v) is 5.54. The lowest BCUT2D eigenvalue weighted by atomic mass is 9.69. The van der Waals surface area contributed by atoms with E-state index in [-0.39, 0.29) is 24.3 Å². The summed E-state index contributed by atoms with van der Waals surface area (Å²) < 4.78 is 9.76. The lowest BCUT2D eigenvalue weighted by molar-refractivity contribution is -0.150. The van der Waals surface area contributed by atoms with Crippen LogP contribution in [0.2, 0.25) is 5.82 Å². The van der Waals surface area contributed by atoms with Crippen molar-refractivity contribution in [1.82, 2.24) is 0 Å². The Morgan fingerprint density at radius 1 is 1.38 bits per heavy atom. The molecule has 6 heteroatoms. The second-order valence-corrected chi connectivity index (χ2v) is 3.89. The van der Waals surface area contributed by atoms with Crippen LogP contribution in [0.3, 0.4) is 0 Å². The van der Waals surface area contributed by atoms with Crippen LogP contribution in [-0.4, -0.2) is 43.5 Å². The van der Waals surface area contributed by atoms with Gasteiger partial charge in [0.1, 0.15) is 6.61 Å². The van der Waals surface area contributed by atoms with Crippen LogP contribution in [0, 0.1) is 5.92 Å². The summed E-state index contributed by atoms with van der Waals surface area (Å²) in [7, 11) is 0.149. The number of methoxy groups -OCH3 is 1.